The van der Waals surface area contributed by atoms with E-state index in [0.717, 1.165) is 19.4 Å². The molecule has 0 amide bonds. The van der Waals surface area contributed by atoms with Gasteiger partial charge in [0, 0.05) is 24.7 Å². The lowest BCUT2D eigenvalue weighted by Gasteiger charge is -2.32. The predicted molar refractivity (Wildman–Crippen MR) is 80.4 cm³/mol. The van der Waals surface area contributed by atoms with Crippen LogP contribution < -0.4 is 5.73 Å². The van der Waals surface area contributed by atoms with E-state index in [9.17, 15) is 4.39 Å². The van der Waals surface area contributed by atoms with Gasteiger partial charge in [-0.3, -0.25) is 4.90 Å². The van der Waals surface area contributed by atoms with E-state index in [-0.39, 0.29) is 11.5 Å². The van der Waals surface area contributed by atoms with Gasteiger partial charge < -0.3 is 5.73 Å². The molecular weight excluding hydrogens is 239 g/mol. The largest absolute Gasteiger partial charge is 0.396 e. The lowest BCUT2D eigenvalue weighted by molar-refractivity contribution is 0.155. The quantitative estimate of drug-likeness (QED) is 0.754. The maximum atomic E-state index is 14.0. The second-order valence-corrected chi connectivity index (χ2v) is 5.61. The fraction of sp³-hybridized carbons (Fsp3) is 0.625. The number of rotatable bonds is 7. The molecule has 108 valence electrons. The molecule has 0 bridgehead atoms. The summed E-state index contributed by atoms with van der Waals surface area (Å²) in [6, 6.07) is 5.78. The second kappa shape index (κ2) is 7.49. The molecule has 3 heteroatoms. The van der Waals surface area contributed by atoms with Crippen LogP contribution in [-0.4, -0.2) is 17.5 Å². The van der Waals surface area contributed by atoms with Crippen molar-refractivity contribution in [3.63, 3.8) is 0 Å². The molecule has 0 aliphatic heterocycles. The van der Waals surface area contributed by atoms with Crippen molar-refractivity contribution in [1.29, 1.82) is 0 Å². The van der Waals surface area contributed by atoms with E-state index >= 15 is 0 Å². The van der Waals surface area contributed by atoms with Crippen LogP contribution in [0.5, 0.6) is 0 Å². The van der Waals surface area contributed by atoms with Crippen molar-refractivity contribution in [3.05, 3.63) is 29.6 Å². The Morgan fingerprint density at radius 1 is 1.21 bits per heavy atom. The fourth-order valence-corrected chi connectivity index (χ4v) is 2.56. The molecule has 0 fully saturated rings. The van der Waals surface area contributed by atoms with E-state index in [1.807, 2.05) is 12.1 Å². The van der Waals surface area contributed by atoms with Gasteiger partial charge >= 0.3 is 0 Å². The maximum absolute atomic E-state index is 14.0. The number of nitrogens with zero attached hydrogens (tertiary/aromatic N) is 1. The first kappa shape index (κ1) is 16.0. The Labute approximate surface area is 116 Å². The van der Waals surface area contributed by atoms with Gasteiger partial charge in [-0.25, -0.2) is 4.39 Å². The molecule has 0 aromatic heterocycles. The maximum Gasteiger partial charge on any atom is 0.150 e. The topological polar surface area (TPSA) is 29.3 Å². The number of anilines is 1. The Hall–Kier alpha value is -1.09. The summed E-state index contributed by atoms with van der Waals surface area (Å²) in [5, 5.41) is 0. The third-order valence-corrected chi connectivity index (χ3v) is 3.54. The third-order valence-electron chi connectivity index (χ3n) is 3.54. The number of hydrogen-bond acceptors (Lipinski definition) is 2. The van der Waals surface area contributed by atoms with Crippen LogP contribution in [0.4, 0.5) is 10.1 Å². The molecule has 2 nitrogen and oxygen atoms in total. The van der Waals surface area contributed by atoms with Gasteiger partial charge in [0.05, 0.1) is 5.69 Å². The first-order valence-corrected chi connectivity index (χ1v) is 7.26. The predicted octanol–water partition coefficient (Wildman–Crippen LogP) is 4.05. The average molecular weight is 266 g/mol. The monoisotopic (exact) mass is 266 g/mol. The van der Waals surface area contributed by atoms with Gasteiger partial charge in [0.2, 0.25) is 0 Å². The van der Waals surface area contributed by atoms with Crippen molar-refractivity contribution in [2.75, 3.05) is 12.3 Å². The first-order chi connectivity index (χ1) is 8.99. The SMILES string of the molecule is CCC(CC)N(Cc1cccc(N)c1F)CC(C)C. The lowest BCUT2D eigenvalue weighted by Crippen LogP contribution is -2.37. The summed E-state index contributed by atoms with van der Waals surface area (Å²) >= 11 is 0. The highest BCUT2D eigenvalue weighted by Gasteiger charge is 2.18. The van der Waals surface area contributed by atoms with Crippen LogP contribution in [0.25, 0.3) is 0 Å². The fourth-order valence-electron chi connectivity index (χ4n) is 2.56. The molecule has 0 spiro atoms. The molecular formula is C16H27FN2. The van der Waals surface area contributed by atoms with Crippen molar-refractivity contribution in [2.24, 2.45) is 5.92 Å². The lowest BCUT2D eigenvalue weighted by atomic mass is 10.1. The molecule has 19 heavy (non-hydrogen) atoms. The highest BCUT2D eigenvalue weighted by atomic mass is 19.1. The van der Waals surface area contributed by atoms with Gasteiger partial charge in [0.15, 0.2) is 5.82 Å². The van der Waals surface area contributed by atoms with Crippen LogP contribution in [0.2, 0.25) is 0 Å². The molecule has 1 rings (SSSR count). The minimum absolute atomic E-state index is 0.242. The molecule has 0 heterocycles. The van der Waals surface area contributed by atoms with E-state index in [4.69, 9.17) is 5.73 Å². The van der Waals surface area contributed by atoms with Crippen molar-refractivity contribution in [2.45, 2.75) is 53.1 Å². The summed E-state index contributed by atoms with van der Waals surface area (Å²) in [7, 11) is 0. The number of nitrogens with two attached hydrogens (primary N) is 1. The van der Waals surface area contributed by atoms with Crippen LogP contribution in [0, 0.1) is 11.7 Å². The van der Waals surface area contributed by atoms with E-state index in [1.54, 1.807) is 6.07 Å². The molecule has 0 saturated heterocycles. The third kappa shape index (κ3) is 4.50. The van der Waals surface area contributed by atoms with Crippen LogP contribution in [-0.2, 0) is 6.54 Å². The second-order valence-electron chi connectivity index (χ2n) is 5.61. The van der Waals surface area contributed by atoms with Gasteiger partial charge in [0.25, 0.3) is 0 Å². The zero-order chi connectivity index (χ0) is 14.4. The van der Waals surface area contributed by atoms with E-state index in [0.29, 0.717) is 24.1 Å². The Morgan fingerprint density at radius 3 is 2.37 bits per heavy atom. The van der Waals surface area contributed by atoms with Crippen molar-refractivity contribution in [1.82, 2.24) is 4.90 Å². The minimum Gasteiger partial charge on any atom is -0.396 e. The number of benzene rings is 1. The molecule has 0 radical (unpaired) electrons. The summed E-state index contributed by atoms with van der Waals surface area (Å²) in [5.74, 6) is 0.312. The van der Waals surface area contributed by atoms with E-state index < -0.39 is 0 Å². The van der Waals surface area contributed by atoms with E-state index in [2.05, 4.69) is 32.6 Å². The van der Waals surface area contributed by atoms with Gasteiger partial charge in [0.1, 0.15) is 0 Å². The molecule has 0 saturated carbocycles. The summed E-state index contributed by atoms with van der Waals surface area (Å²) < 4.78 is 14.0. The molecule has 0 unspecified atom stereocenters. The van der Waals surface area contributed by atoms with Crippen LogP contribution in [0.1, 0.15) is 46.1 Å². The standard InChI is InChI=1S/C16H27FN2/c1-5-14(6-2)19(10-12(3)4)11-13-8-7-9-15(18)16(13)17/h7-9,12,14H,5-6,10-11,18H2,1-4H3. The van der Waals surface area contributed by atoms with Crippen LogP contribution >= 0.6 is 0 Å². The zero-order valence-electron chi connectivity index (χ0n) is 12.6. The van der Waals surface area contributed by atoms with Gasteiger partial charge in [-0.05, 0) is 24.8 Å². The Balaban J connectivity index is 2.90. The summed E-state index contributed by atoms with van der Waals surface area (Å²) in [5.41, 5.74) is 6.59. The zero-order valence-corrected chi connectivity index (χ0v) is 12.6. The van der Waals surface area contributed by atoms with Crippen LogP contribution in [0.3, 0.4) is 0 Å². The highest BCUT2D eigenvalue weighted by Crippen LogP contribution is 2.20. The Kier molecular flexibility index (Phi) is 6.29. The van der Waals surface area contributed by atoms with Crippen LogP contribution in [0.15, 0.2) is 18.2 Å². The van der Waals surface area contributed by atoms with Gasteiger partial charge in [-0.2, -0.15) is 0 Å². The molecule has 0 atom stereocenters. The Morgan fingerprint density at radius 2 is 1.84 bits per heavy atom. The van der Waals surface area contributed by atoms with Gasteiger partial charge in [-0.1, -0.05) is 39.8 Å². The summed E-state index contributed by atoms with van der Waals surface area (Å²) in [6.07, 6.45) is 2.18. The highest BCUT2D eigenvalue weighted by molar-refractivity contribution is 5.42. The summed E-state index contributed by atoms with van der Waals surface area (Å²) in [6.45, 7) is 10.4. The summed E-state index contributed by atoms with van der Waals surface area (Å²) in [4.78, 5) is 2.38. The number of nitrogen functional groups attached to an aromatic ring is 1. The number of hydrogen-bond donors (Lipinski definition) is 1. The minimum atomic E-state index is -0.262. The van der Waals surface area contributed by atoms with Gasteiger partial charge in [-0.15, -0.1) is 0 Å². The molecule has 0 aliphatic carbocycles. The normalized spacial score (nSPS) is 11.8. The first-order valence-electron chi connectivity index (χ1n) is 7.26. The van der Waals surface area contributed by atoms with Crippen molar-refractivity contribution < 1.29 is 4.39 Å². The smallest absolute Gasteiger partial charge is 0.150 e. The van der Waals surface area contributed by atoms with Crippen molar-refractivity contribution >= 4 is 5.69 Å². The molecule has 1 aromatic carbocycles. The molecule has 1 aromatic rings. The average Bonchev–Trinajstić information content (AvgIpc) is 2.35. The number of halogens is 1. The van der Waals surface area contributed by atoms with Crippen molar-refractivity contribution in [3.8, 4) is 0 Å². The van der Waals surface area contributed by atoms with E-state index in [1.165, 1.54) is 0 Å². The molecule has 0 aliphatic rings. The molecule has 2 N–H and O–H groups in total. The Bertz CT molecular complexity index is 386.